The van der Waals surface area contributed by atoms with E-state index in [1.54, 1.807) is 18.2 Å². The molecule has 0 aliphatic carbocycles. The Bertz CT molecular complexity index is 1140. The van der Waals surface area contributed by atoms with Gasteiger partial charge in [0.15, 0.2) is 5.82 Å². The van der Waals surface area contributed by atoms with Crippen LogP contribution in [-0.4, -0.2) is 35.8 Å². The van der Waals surface area contributed by atoms with E-state index in [0.717, 1.165) is 5.56 Å². The van der Waals surface area contributed by atoms with Crippen LogP contribution in [0.3, 0.4) is 0 Å². The van der Waals surface area contributed by atoms with E-state index < -0.39 is 10.0 Å². The molecule has 7 nitrogen and oxygen atoms in total. The number of rotatable bonds is 8. The van der Waals surface area contributed by atoms with Crippen molar-refractivity contribution < 1.29 is 13.7 Å². The number of quaternary nitrogens is 1. The van der Waals surface area contributed by atoms with Gasteiger partial charge in [-0.25, -0.2) is 13.4 Å². The molecule has 0 aliphatic heterocycles. The van der Waals surface area contributed by atoms with Gasteiger partial charge < -0.3 is 10.3 Å². The summed E-state index contributed by atoms with van der Waals surface area (Å²) >= 11 is 0. The maximum Gasteiger partial charge on any atom is 0.258 e. The summed E-state index contributed by atoms with van der Waals surface area (Å²) in [6.45, 7) is 7.10. The predicted molar refractivity (Wildman–Crippen MR) is 113 cm³/mol. The van der Waals surface area contributed by atoms with Crippen molar-refractivity contribution in [1.29, 1.82) is 0 Å². The maximum atomic E-state index is 12.6. The van der Waals surface area contributed by atoms with Crippen LogP contribution >= 0.6 is 0 Å². The number of para-hydroxylation sites is 1. The second-order valence-corrected chi connectivity index (χ2v) is 8.85. The molecule has 8 heteroatoms. The molecule has 154 valence electrons. The Morgan fingerprint density at radius 3 is 2.38 bits per heavy atom. The molecule has 0 amide bonds. The largest absolute Gasteiger partial charge is 0.334 e. The van der Waals surface area contributed by atoms with Crippen LogP contribution in [0.2, 0.25) is 0 Å². The van der Waals surface area contributed by atoms with Gasteiger partial charge in [0, 0.05) is 18.7 Å². The van der Waals surface area contributed by atoms with Crippen molar-refractivity contribution >= 4 is 20.9 Å². The second kappa shape index (κ2) is 8.86. The Morgan fingerprint density at radius 2 is 1.72 bits per heavy atom. The third-order valence-corrected chi connectivity index (χ3v) is 7.14. The van der Waals surface area contributed by atoms with Gasteiger partial charge in [-0.1, -0.05) is 38.1 Å². The van der Waals surface area contributed by atoms with Gasteiger partial charge in [-0.05, 0) is 31.2 Å². The number of H-pyrrole nitrogens is 1. The number of benzene rings is 2. The molecule has 0 bridgehead atoms. The highest BCUT2D eigenvalue weighted by Crippen LogP contribution is 2.18. The lowest BCUT2D eigenvalue weighted by molar-refractivity contribution is -0.708. The molecule has 0 spiro atoms. The molecule has 0 saturated heterocycles. The number of sulfonamides is 1. The third-order valence-electron chi connectivity index (χ3n) is 5.08. The second-order valence-electron chi connectivity index (χ2n) is 6.92. The fourth-order valence-corrected chi connectivity index (χ4v) is 4.77. The molecule has 1 atom stereocenters. The molecule has 3 N–H and O–H groups in total. The molecule has 0 aliphatic rings. The van der Waals surface area contributed by atoms with Crippen LogP contribution in [0.15, 0.2) is 58.2 Å². The summed E-state index contributed by atoms with van der Waals surface area (Å²) in [5, 5.41) is 2.63. The highest BCUT2D eigenvalue weighted by Gasteiger charge is 2.22. The van der Waals surface area contributed by atoms with Crippen molar-refractivity contribution in [1.82, 2.24) is 14.3 Å². The van der Waals surface area contributed by atoms with E-state index in [1.807, 2.05) is 51.1 Å². The van der Waals surface area contributed by atoms with Crippen LogP contribution in [0.25, 0.3) is 10.9 Å². The van der Waals surface area contributed by atoms with E-state index in [0.29, 0.717) is 41.3 Å². The molecular weight excluding hydrogens is 388 g/mol. The van der Waals surface area contributed by atoms with Gasteiger partial charge in [0.25, 0.3) is 5.56 Å². The van der Waals surface area contributed by atoms with Gasteiger partial charge in [-0.2, -0.15) is 4.31 Å². The number of hydrogen-bond donors (Lipinski definition) is 2. The normalized spacial score (nSPS) is 13.1. The average molecular weight is 416 g/mol. The number of nitrogens with zero attached hydrogens (tertiary/aromatic N) is 2. The van der Waals surface area contributed by atoms with Crippen molar-refractivity contribution in [2.75, 3.05) is 13.1 Å². The molecule has 2 aromatic carbocycles. The number of nitrogens with one attached hydrogen (secondary N) is 1. The Kier molecular flexibility index (Phi) is 6.46. The smallest absolute Gasteiger partial charge is 0.258 e. The topological polar surface area (TPSA) is 99.7 Å². The van der Waals surface area contributed by atoms with Gasteiger partial charge >= 0.3 is 0 Å². The minimum atomic E-state index is -3.45. The van der Waals surface area contributed by atoms with E-state index >= 15 is 0 Å². The standard InChI is InChI=1S/C21H26N4O3S/c1-4-25(5-2)29(27,28)17-12-10-16(11-13-17)15(3)22-14-20-23-19-9-7-6-8-18(19)21(26)24-20/h6-13,15,22H,4-5,14H2,1-3H3,(H,23,24,26)/p+1/t15-/m1/s1. The lowest BCUT2D eigenvalue weighted by atomic mass is 10.1. The van der Waals surface area contributed by atoms with E-state index in [2.05, 4.69) is 15.3 Å². The van der Waals surface area contributed by atoms with Crippen LogP contribution in [0, 0.1) is 0 Å². The molecule has 0 unspecified atom stereocenters. The highest BCUT2D eigenvalue weighted by atomic mass is 32.2. The van der Waals surface area contributed by atoms with Gasteiger partial charge in [-0.3, -0.25) is 4.79 Å². The average Bonchev–Trinajstić information content (AvgIpc) is 2.73. The first kappa shape index (κ1) is 21.2. The molecule has 3 aromatic rings. The first-order valence-electron chi connectivity index (χ1n) is 9.78. The van der Waals surface area contributed by atoms with Gasteiger partial charge in [0.2, 0.25) is 10.0 Å². The fraction of sp³-hybridized carbons (Fsp3) is 0.333. The maximum absolute atomic E-state index is 12.6. The number of aromatic amines is 1. The van der Waals surface area contributed by atoms with E-state index in [1.165, 1.54) is 4.31 Å². The summed E-state index contributed by atoms with van der Waals surface area (Å²) in [6, 6.07) is 14.3. The van der Waals surface area contributed by atoms with Crippen molar-refractivity contribution in [3.8, 4) is 0 Å². The monoisotopic (exact) mass is 415 g/mol. The molecule has 0 saturated carbocycles. The van der Waals surface area contributed by atoms with Crippen LogP contribution in [0.5, 0.6) is 0 Å². The first-order valence-corrected chi connectivity index (χ1v) is 11.2. The number of hydrogen-bond acceptors (Lipinski definition) is 4. The van der Waals surface area contributed by atoms with E-state index in [-0.39, 0.29) is 11.6 Å². The number of fused-ring (bicyclic) bond motifs is 1. The minimum absolute atomic E-state index is 0.0805. The Morgan fingerprint density at radius 1 is 1.07 bits per heavy atom. The van der Waals surface area contributed by atoms with Crippen molar-refractivity contribution in [3.63, 3.8) is 0 Å². The number of nitrogens with two attached hydrogens (primary N) is 1. The van der Waals surface area contributed by atoms with Crippen molar-refractivity contribution in [2.45, 2.75) is 38.3 Å². The Labute approximate surface area is 170 Å². The summed E-state index contributed by atoms with van der Waals surface area (Å²) < 4.78 is 26.6. The molecule has 0 fully saturated rings. The molecule has 1 aromatic heterocycles. The number of aromatic nitrogens is 2. The zero-order valence-corrected chi connectivity index (χ0v) is 17.7. The summed E-state index contributed by atoms with van der Waals surface area (Å²) in [7, 11) is -3.45. The molecular formula is C21H27N4O3S+. The van der Waals surface area contributed by atoms with Crippen LogP contribution in [0.1, 0.15) is 38.2 Å². The summed E-state index contributed by atoms with van der Waals surface area (Å²) in [4.78, 5) is 19.8. The fourth-order valence-electron chi connectivity index (χ4n) is 3.31. The Balaban J connectivity index is 1.72. The summed E-state index contributed by atoms with van der Waals surface area (Å²) in [5.41, 5.74) is 1.54. The van der Waals surface area contributed by atoms with Crippen LogP contribution in [0.4, 0.5) is 0 Å². The van der Waals surface area contributed by atoms with E-state index in [4.69, 9.17) is 0 Å². The lowest BCUT2D eigenvalue weighted by Gasteiger charge is -2.19. The SMILES string of the molecule is CCN(CC)S(=O)(=O)c1ccc([C@@H](C)[NH2+]Cc2nc3ccccc3c(=O)[nH]2)cc1. The van der Waals surface area contributed by atoms with Crippen LogP contribution in [-0.2, 0) is 16.6 Å². The summed E-state index contributed by atoms with van der Waals surface area (Å²) in [6.07, 6.45) is 0. The molecule has 3 rings (SSSR count). The lowest BCUT2D eigenvalue weighted by Crippen LogP contribution is -2.83. The van der Waals surface area contributed by atoms with Gasteiger partial charge in [-0.15, -0.1) is 0 Å². The quantitative estimate of drug-likeness (QED) is 0.586. The van der Waals surface area contributed by atoms with Crippen LogP contribution < -0.4 is 10.9 Å². The summed E-state index contributed by atoms with van der Waals surface area (Å²) in [5.74, 6) is 0.612. The van der Waals surface area contributed by atoms with E-state index in [9.17, 15) is 13.2 Å². The first-order chi connectivity index (χ1) is 13.9. The van der Waals surface area contributed by atoms with Crippen molar-refractivity contribution in [3.05, 3.63) is 70.3 Å². The van der Waals surface area contributed by atoms with Gasteiger partial charge in [0.1, 0.15) is 12.6 Å². The minimum Gasteiger partial charge on any atom is -0.334 e. The zero-order valence-electron chi connectivity index (χ0n) is 16.9. The molecule has 29 heavy (non-hydrogen) atoms. The molecule has 0 radical (unpaired) electrons. The van der Waals surface area contributed by atoms with Crippen molar-refractivity contribution in [2.24, 2.45) is 0 Å². The Hall–Kier alpha value is -2.55. The zero-order chi connectivity index (χ0) is 21.0. The third kappa shape index (κ3) is 4.55. The highest BCUT2D eigenvalue weighted by molar-refractivity contribution is 7.89. The predicted octanol–water partition coefficient (Wildman–Crippen LogP) is 1.78. The van der Waals surface area contributed by atoms with Gasteiger partial charge in [0.05, 0.1) is 15.8 Å². The molecule has 1 heterocycles.